The summed E-state index contributed by atoms with van der Waals surface area (Å²) >= 11 is 0. The van der Waals surface area contributed by atoms with Gasteiger partial charge in [-0.25, -0.2) is 13.1 Å². The molecule has 2 rings (SSSR count). The maximum Gasteiger partial charge on any atom is 0.240 e. The Morgan fingerprint density at radius 1 is 1.10 bits per heavy atom. The summed E-state index contributed by atoms with van der Waals surface area (Å²) in [6, 6.07) is 6.13. The Bertz CT molecular complexity index is 592. The number of carbonyl (C=O) groups is 1. The van der Waals surface area contributed by atoms with Crippen molar-refractivity contribution in [1.29, 1.82) is 0 Å². The Kier molecular flexibility index (Phi) is 5.17. The quantitative estimate of drug-likeness (QED) is 0.686. The molecule has 4 nitrogen and oxygen atoms in total. The molecular formula is C16H23NO3S. The Balaban J connectivity index is 2.15. The fraction of sp³-hybridized carbons (Fsp3) is 0.562. The highest BCUT2D eigenvalue weighted by Crippen LogP contribution is 2.24. The number of sulfonamides is 1. The Morgan fingerprint density at radius 3 is 2.33 bits per heavy atom. The molecule has 0 radical (unpaired) electrons. The predicted molar refractivity (Wildman–Crippen MR) is 82.8 cm³/mol. The molecule has 0 bridgehead atoms. The van der Waals surface area contributed by atoms with Gasteiger partial charge in [0.15, 0.2) is 5.78 Å². The van der Waals surface area contributed by atoms with E-state index in [0.29, 0.717) is 11.5 Å². The normalized spacial score (nSPS) is 23.5. The van der Waals surface area contributed by atoms with Crippen LogP contribution in [0.15, 0.2) is 29.2 Å². The molecule has 0 saturated heterocycles. The van der Waals surface area contributed by atoms with Crippen LogP contribution in [0.25, 0.3) is 0 Å². The first-order valence-corrected chi connectivity index (χ1v) is 9.02. The first-order chi connectivity index (χ1) is 9.90. The summed E-state index contributed by atoms with van der Waals surface area (Å²) in [6.45, 7) is 3.58. The van der Waals surface area contributed by atoms with Crippen LogP contribution in [-0.4, -0.2) is 20.2 Å². The summed E-state index contributed by atoms with van der Waals surface area (Å²) in [5.74, 6) is 0.295. The van der Waals surface area contributed by atoms with Gasteiger partial charge in [0, 0.05) is 11.6 Å². The van der Waals surface area contributed by atoms with Crippen LogP contribution in [-0.2, 0) is 10.0 Å². The minimum Gasteiger partial charge on any atom is -0.295 e. The van der Waals surface area contributed by atoms with Crippen LogP contribution in [0, 0.1) is 5.92 Å². The number of hydrogen-bond donors (Lipinski definition) is 1. The first-order valence-electron chi connectivity index (χ1n) is 7.53. The number of nitrogens with one attached hydrogen (secondary N) is 1. The summed E-state index contributed by atoms with van der Waals surface area (Å²) in [7, 11) is -3.51. The zero-order valence-electron chi connectivity index (χ0n) is 12.6. The third kappa shape index (κ3) is 4.14. The molecular weight excluding hydrogens is 286 g/mol. The number of hydrogen-bond acceptors (Lipinski definition) is 3. The van der Waals surface area contributed by atoms with E-state index in [4.69, 9.17) is 0 Å². The molecule has 0 aliphatic heterocycles. The zero-order chi connectivity index (χ0) is 15.5. The number of ketones is 1. The standard InChI is InChI=1S/C16H23NO3S/c1-12-6-4-3-5-7-16(12)17-21(19,20)15-10-8-14(9-11-15)13(2)18/h8-12,16-17H,3-7H2,1-2H3. The van der Waals surface area contributed by atoms with E-state index in [-0.39, 0.29) is 16.7 Å². The number of rotatable bonds is 4. The monoisotopic (exact) mass is 309 g/mol. The van der Waals surface area contributed by atoms with Crippen LogP contribution in [0.4, 0.5) is 0 Å². The minimum absolute atomic E-state index is 0.00461. The molecule has 21 heavy (non-hydrogen) atoms. The van der Waals surface area contributed by atoms with Gasteiger partial charge in [-0.1, -0.05) is 38.3 Å². The van der Waals surface area contributed by atoms with E-state index in [1.807, 2.05) is 0 Å². The maximum absolute atomic E-state index is 12.4. The molecule has 5 heteroatoms. The van der Waals surface area contributed by atoms with Crippen LogP contribution in [0.2, 0.25) is 0 Å². The van der Waals surface area contributed by atoms with Gasteiger partial charge >= 0.3 is 0 Å². The zero-order valence-corrected chi connectivity index (χ0v) is 13.4. The summed E-state index contributed by atoms with van der Waals surface area (Å²) in [5.41, 5.74) is 0.525. The largest absolute Gasteiger partial charge is 0.295 e. The number of benzene rings is 1. The van der Waals surface area contributed by atoms with E-state index in [1.54, 1.807) is 12.1 Å². The minimum atomic E-state index is -3.51. The SMILES string of the molecule is CC(=O)c1ccc(S(=O)(=O)NC2CCCCCC2C)cc1. The molecule has 2 atom stereocenters. The van der Waals surface area contributed by atoms with Crippen molar-refractivity contribution in [2.45, 2.75) is 56.9 Å². The Morgan fingerprint density at radius 2 is 1.71 bits per heavy atom. The van der Waals surface area contributed by atoms with Gasteiger partial charge < -0.3 is 0 Å². The molecule has 1 N–H and O–H groups in total. The van der Waals surface area contributed by atoms with Crippen molar-refractivity contribution in [2.24, 2.45) is 5.92 Å². The summed E-state index contributed by atoms with van der Waals surface area (Å²) in [6.07, 6.45) is 5.38. The van der Waals surface area contributed by atoms with Gasteiger partial charge in [-0.2, -0.15) is 0 Å². The van der Waals surface area contributed by atoms with Crippen molar-refractivity contribution in [3.63, 3.8) is 0 Å². The first kappa shape index (κ1) is 16.2. The molecule has 0 aromatic heterocycles. The lowest BCUT2D eigenvalue weighted by Gasteiger charge is -2.22. The molecule has 1 aliphatic carbocycles. The van der Waals surface area contributed by atoms with Gasteiger partial charge in [-0.05, 0) is 37.8 Å². The van der Waals surface area contributed by atoms with E-state index in [0.717, 1.165) is 19.3 Å². The second-order valence-corrected chi connectivity index (χ2v) is 7.64. The van der Waals surface area contributed by atoms with Gasteiger partial charge in [0.25, 0.3) is 0 Å². The van der Waals surface area contributed by atoms with Crippen LogP contribution >= 0.6 is 0 Å². The van der Waals surface area contributed by atoms with Crippen molar-refractivity contribution in [3.05, 3.63) is 29.8 Å². The van der Waals surface area contributed by atoms with E-state index in [1.165, 1.54) is 31.9 Å². The highest BCUT2D eigenvalue weighted by molar-refractivity contribution is 7.89. The fourth-order valence-corrected chi connectivity index (χ4v) is 4.18. The second-order valence-electron chi connectivity index (χ2n) is 5.92. The molecule has 1 aromatic carbocycles. The smallest absolute Gasteiger partial charge is 0.240 e. The van der Waals surface area contributed by atoms with Crippen molar-refractivity contribution in [3.8, 4) is 0 Å². The molecule has 0 heterocycles. The third-order valence-electron chi connectivity index (χ3n) is 4.24. The lowest BCUT2D eigenvalue weighted by Crippen LogP contribution is -2.38. The highest BCUT2D eigenvalue weighted by atomic mass is 32.2. The molecule has 1 saturated carbocycles. The lowest BCUT2D eigenvalue weighted by atomic mass is 9.98. The molecule has 0 amide bonds. The van der Waals surface area contributed by atoms with Gasteiger partial charge in [0.2, 0.25) is 10.0 Å². The molecule has 1 aliphatic rings. The van der Waals surface area contributed by atoms with Crippen LogP contribution in [0.5, 0.6) is 0 Å². The molecule has 2 unspecified atom stereocenters. The molecule has 1 aromatic rings. The van der Waals surface area contributed by atoms with Gasteiger partial charge in [0.1, 0.15) is 0 Å². The number of carbonyl (C=O) groups excluding carboxylic acids is 1. The van der Waals surface area contributed by atoms with E-state index >= 15 is 0 Å². The Labute approximate surface area is 127 Å². The highest BCUT2D eigenvalue weighted by Gasteiger charge is 2.25. The average Bonchev–Trinajstić information content (AvgIpc) is 2.64. The molecule has 0 spiro atoms. The van der Waals surface area contributed by atoms with Crippen LogP contribution in [0.1, 0.15) is 56.3 Å². The van der Waals surface area contributed by atoms with Crippen LogP contribution in [0.3, 0.4) is 0 Å². The second kappa shape index (κ2) is 6.71. The fourth-order valence-electron chi connectivity index (χ4n) is 2.80. The van der Waals surface area contributed by atoms with Crippen LogP contribution < -0.4 is 4.72 Å². The summed E-state index contributed by atoms with van der Waals surface area (Å²) in [4.78, 5) is 11.5. The van der Waals surface area contributed by atoms with E-state index < -0.39 is 10.0 Å². The van der Waals surface area contributed by atoms with Gasteiger partial charge in [-0.15, -0.1) is 0 Å². The molecule has 1 fully saturated rings. The molecule has 116 valence electrons. The van der Waals surface area contributed by atoms with Crippen molar-refractivity contribution in [2.75, 3.05) is 0 Å². The van der Waals surface area contributed by atoms with Crippen molar-refractivity contribution < 1.29 is 13.2 Å². The maximum atomic E-state index is 12.4. The summed E-state index contributed by atoms with van der Waals surface area (Å²) in [5, 5.41) is 0. The van der Waals surface area contributed by atoms with Crippen molar-refractivity contribution >= 4 is 15.8 Å². The van der Waals surface area contributed by atoms with Gasteiger partial charge in [-0.3, -0.25) is 4.79 Å². The van der Waals surface area contributed by atoms with E-state index in [2.05, 4.69) is 11.6 Å². The Hall–Kier alpha value is -1.20. The number of Topliss-reactive ketones (excluding diaryl/α,β-unsaturated/α-hetero) is 1. The topological polar surface area (TPSA) is 63.2 Å². The summed E-state index contributed by atoms with van der Waals surface area (Å²) < 4.78 is 27.7. The predicted octanol–water partition coefficient (Wildman–Crippen LogP) is 3.14. The van der Waals surface area contributed by atoms with Gasteiger partial charge in [0.05, 0.1) is 4.90 Å². The average molecular weight is 309 g/mol. The lowest BCUT2D eigenvalue weighted by molar-refractivity contribution is 0.101. The van der Waals surface area contributed by atoms with Crippen molar-refractivity contribution in [1.82, 2.24) is 4.72 Å². The van der Waals surface area contributed by atoms with E-state index in [9.17, 15) is 13.2 Å². The third-order valence-corrected chi connectivity index (χ3v) is 5.74.